The molecule has 2 aliphatic rings. The van der Waals surface area contributed by atoms with Crippen molar-refractivity contribution < 1.29 is 24.9 Å². The highest BCUT2D eigenvalue weighted by molar-refractivity contribution is 5.75. The van der Waals surface area contributed by atoms with E-state index in [1.807, 2.05) is 4.90 Å². The molecule has 3 unspecified atom stereocenters. The Bertz CT molecular complexity index is 373. The van der Waals surface area contributed by atoms with Gasteiger partial charge >= 0.3 is 12.0 Å². The van der Waals surface area contributed by atoms with Gasteiger partial charge in [0.1, 0.15) is 6.04 Å². The molecule has 0 saturated carbocycles. The number of β-amino-alcohol motifs (C(OH)–C–C–N with tert-alkyl or cyclic N) is 2. The molecule has 0 aromatic rings. The van der Waals surface area contributed by atoms with Crippen molar-refractivity contribution in [1.29, 1.82) is 0 Å². The molecule has 2 fully saturated rings. The first-order valence-electron chi connectivity index (χ1n) is 6.77. The zero-order chi connectivity index (χ0) is 14.9. The van der Waals surface area contributed by atoms with E-state index in [-0.39, 0.29) is 19.1 Å². The molecule has 0 bridgehead atoms. The van der Waals surface area contributed by atoms with Gasteiger partial charge in [0.25, 0.3) is 0 Å². The van der Waals surface area contributed by atoms with Crippen molar-refractivity contribution in [1.82, 2.24) is 14.7 Å². The first-order valence-corrected chi connectivity index (χ1v) is 6.77. The Hall–Kier alpha value is -1.38. The summed E-state index contributed by atoms with van der Waals surface area (Å²) in [7, 11) is 0. The summed E-state index contributed by atoms with van der Waals surface area (Å²) in [4.78, 5) is 28.0. The van der Waals surface area contributed by atoms with Gasteiger partial charge in [0.15, 0.2) is 0 Å². The summed E-state index contributed by atoms with van der Waals surface area (Å²) >= 11 is 0. The molecule has 8 nitrogen and oxygen atoms in total. The maximum atomic E-state index is 12.2. The minimum atomic E-state index is -0.882. The number of hydrogen-bond donors (Lipinski definition) is 3. The van der Waals surface area contributed by atoms with Gasteiger partial charge in [0.05, 0.1) is 25.3 Å². The Balaban J connectivity index is 1.85. The van der Waals surface area contributed by atoms with E-state index in [1.165, 1.54) is 4.90 Å². The lowest BCUT2D eigenvalue weighted by Crippen LogP contribution is -2.55. The molecule has 0 spiro atoms. The second-order valence-corrected chi connectivity index (χ2v) is 5.36. The minimum Gasteiger partial charge on any atom is -0.480 e. The van der Waals surface area contributed by atoms with Gasteiger partial charge in [-0.25, -0.2) is 4.79 Å². The predicted octanol–water partition coefficient (Wildman–Crippen LogP) is -1.77. The molecule has 20 heavy (non-hydrogen) atoms. The largest absolute Gasteiger partial charge is 0.480 e. The molecular formula is C12H21N3O5. The monoisotopic (exact) mass is 287 g/mol. The summed E-state index contributed by atoms with van der Waals surface area (Å²) in [6.07, 6.45) is -1.76. The lowest BCUT2D eigenvalue weighted by molar-refractivity contribution is -0.143. The van der Waals surface area contributed by atoms with E-state index in [0.29, 0.717) is 26.2 Å². The first kappa shape index (κ1) is 15.0. The van der Waals surface area contributed by atoms with Gasteiger partial charge in [-0.1, -0.05) is 0 Å². The average molecular weight is 287 g/mol. The summed E-state index contributed by atoms with van der Waals surface area (Å²) in [5.74, 6) is -0.865. The highest BCUT2D eigenvalue weighted by Gasteiger charge is 2.36. The number of carboxylic acids is 1. The molecule has 0 aromatic carbocycles. The number of carbonyl (C=O) groups excluding carboxylic acids is 1. The normalized spacial score (nSPS) is 29.6. The van der Waals surface area contributed by atoms with Crippen molar-refractivity contribution in [2.24, 2.45) is 0 Å². The van der Waals surface area contributed by atoms with Gasteiger partial charge in [-0.2, -0.15) is 0 Å². The van der Waals surface area contributed by atoms with Crippen molar-refractivity contribution in [3.63, 3.8) is 0 Å². The lowest BCUT2D eigenvalue weighted by Gasteiger charge is -2.38. The summed E-state index contributed by atoms with van der Waals surface area (Å²) in [5.41, 5.74) is 0. The molecule has 114 valence electrons. The second kappa shape index (κ2) is 5.94. The molecule has 3 atom stereocenters. The number of amides is 2. The quantitative estimate of drug-likeness (QED) is 0.555. The van der Waals surface area contributed by atoms with Crippen LogP contribution in [0, 0.1) is 0 Å². The van der Waals surface area contributed by atoms with Crippen LogP contribution in [-0.4, -0.2) is 99.5 Å². The summed E-state index contributed by atoms with van der Waals surface area (Å²) in [6, 6.07) is -0.758. The number of aliphatic carboxylic acids is 1. The highest BCUT2D eigenvalue weighted by atomic mass is 16.4. The Kier molecular flexibility index (Phi) is 4.46. The third-order valence-electron chi connectivity index (χ3n) is 4.02. The third-order valence-corrected chi connectivity index (χ3v) is 4.02. The first-order chi connectivity index (χ1) is 9.40. The van der Waals surface area contributed by atoms with Crippen LogP contribution in [0.15, 0.2) is 0 Å². The van der Waals surface area contributed by atoms with Gasteiger partial charge in [0, 0.05) is 26.2 Å². The summed E-state index contributed by atoms with van der Waals surface area (Å²) < 4.78 is 0. The highest BCUT2D eigenvalue weighted by Crippen LogP contribution is 2.14. The van der Waals surface area contributed by atoms with Crippen molar-refractivity contribution in [3.8, 4) is 0 Å². The average Bonchev–Trinajstić information content (AvgIpc) is 2.77. The number of aliphatic hydroxyl groups is 2. The lowest BCUT2D eigenvalue weighted by atomic mass is 10.2. The number of nitrogens with zero attached hydrogens (tertiary/aromatic N) is 3. The number of hydrogen-bond acceptors (Lipinski definition) is 5. The van der Waals surface area contributed by atoms with Crippen LogP contribution in [0.1, 0.15) is 6.92 Å². The minimum absolute atomic E-state index is 0.145. The van der Waals surface area contributed by atoms with Crippen LogP contribution in [0.2, 0.25) is 0 Å². The molecule has 2 rings (SSSR count). The van der Waals surface area contributed by atoms with Crippen LogP contribution < -0.4 is 0 Å². The van der Waals surface area contributed by atoms with Crippen LogP contribution >= 0.6 is 0 Å². The molecule has 0 radical (unpaired) electrons. The van der Waals surface area contributed by atoms with Gasteiger partial charge in [-0.3, -0.25) is 9.69 Å². The fourth-order valence-corrected chi connectivity index (χ4v) is 2.58. The molecule has 0 aliphatic carbocycles. The van der Waals surface area contributed by atoms with E-state index in [4.69, 9.17) is 5.11 Å². The van der Waals surface area contributed by atoms with E-state index in [2.05, 4.69) is 0 Å². The molecule has 2 saturated heterocycles. The van der Waals surface area contributed by atoms with Gasteiger partial charge in [-0.05, 0) is 6.92 Å². The maximum Gasteiger partial charge on any atom is 0.320 e. The van der Waals surface area contributed by atoms with E-state index < -0.39 is 24.2 Å². The number of urea groups is 1. The Morgan fingerprint density at radius 3 is 1.95 bits per heavy atom. The van der Waals surface area contributed by atoms with Crippen LogP contribution in [-0.2, 0) is 4.79 Å². The van der Waals surface area contributed by atoms with Crippen LogP contribution in [0.5, 0.6) is 0 Å². The zero-order valence-electron chi connectivity index (χ0n) is 11.5. The van der Waals surface area contributed by atoms with E-state index in [1.54, 1.807) is 11.8 Å². The smallest absolute Gasteiger partial charge is 0.320 e. The Morgan fingerprint density at radius 2 is 1.50 bits per heavy atom. The Morgan fingerprint density at radius 1 is 1.00 bits per heavy atom. The fourth-order valence-electron chi connectivity index (χ4n) is 2.58. The zero-order valence-corrected chi connectivity index (χ0v) is 11.5. The number of likely N-dealkylation sites (tertiary alicyclic amines) is 1. The molecule has 8 heteroatoms. The molecule has 2 amide bonds. The van der Waals surface area contributed by atoms with Crippen molar-refractivity contribution in [3.05, 3.63) is 0 Å². The fraction of sp³-hybridized carbons (Fsp3) is 0.833. The Labute approximate surface area is 117 Å². The van der Waals surface area contributed by atoms with E-state index in [9.17, 15) is 19.8 Å². The van der Waals surface area contributed by atoms with E-state index in [0.717, 1.165) is 0 Å². The molecule has 2 aliphatic heterocycles. The molecule has 3 N–H and O–H groups in total. The van der Waals surface area contributed by atoms with Gasteiger partial charge in [0.2, 0.25) is 0 Å². The van der Waals surface area contributed by atoms with Crippen molar-refractivity contribution in [2.75, 3.05) is 39.3 Å². The summed E-state index contributed by atoms with van der Waals surface area (Å²) in [6.45, 7) is 3.86. The van der Waals surface area contributed by atoms with Crippen LogP contribution in [0.4, 0.5) is 4.79 Å². The van der Waals surface area contributed by atoms with E-state index >= 15 is 0 Å². The maximum absolute atomic E-state index is 12.2. The topological polar surface area (TPSA) is 105 Å². The van der Waals surface area contributed by atoms with Crippen molar-refractivity contribution >= 4 is 12.0 Å². The van der Waals surface area contributed by atoms with Gasteiger partial charge < -0.3 is 25.1 Å². The molecule has 0 aromatic heterocycles. The standard InChI is InChI=1S/C12H21N3O5/c1-8(11(18)19)13-2-4-14(5-3-13)12(20)15-6-9(16)10(17)7-15/h8-10,16-17H,2-7H2,1H3,(H,18,19). The molecule has 2 heterocycles. The number of piperazine rings is 1. The number of rotatable bonds is 2. The third kappa shape index (κ3) is 3.02. The van der Waals surface area contributed by atoms with Crippen LogP contribution in [0.3, 0.4) is 0 Å². The summed E-state index contributed by atoms with van der Waals surface area (Å²) in [5, 5.41) is 27.9. The number of carbonyl (C=O) groups is 2. The number of aliphatic hydroxyl groups excluding tert-OH is 2. The predicted molar refractivity (Wildman–Crippen MR) is 69.2 cm³/mol. The second-order valence-electron chi connectivity index (χ2n) is 5.36. The van der Waals surface area contributed by atoms with Gasteiger partial charge in [-0.15, -0.1) is 0 Å². The SMILES string of the molecule is CC(C(=O)O)N1CCN(C(=O)N2CC(O)C(O)C2)CC1. The van der Waals surface area contributed by atoms with Crippen molar-refractivity contribution in [2.45, 2.75) is 25.2 Å². The molecular weight excluding hydrogens is 266 g/mol. The number of carboxylic acid groups (broad SMARTS) is 1. The van der Waals surface area contributed by atoms with Crippen LogP contribution in [0.25, 0.3) is 0 Å².